The van der Waals surface area contributed by atoms with Crippen LogP contribution in [-0.2, 0) is 16.2 Å². The van der Waals surface area contributed by atoms with E-state index in [0.717, 1.165) is 18.2 Å². The molecule has 0 saturated carbocycles. The molecule has 0 bridgehead atoms. The van der Waals surface area contributed by atoms with Crippen molar-refractivity contribution in [3.8, 4) is 5.82 Å². The van der Waals surface area contributed by atoms with Gasteiger partial charge >= 0.3 is 6.18 Å². The molecule has 2 N–H and O–H groups in total. The first kappa shape index (κ1) is 19.8. The van der Waals surface area contributed by atoms with Gasteiger partial charge in [-0.15, -0.1) is 0 Å². The summed E-state index contributed by atoms with van der Waals surface area (Å²) in [6.45, 7) is -0.0430. The number of rotatable bonds is 7. The predicted octanol–water partition coefficient (Wildman–Crippen LogP) is 2.07. The van der Waals surface area contributed by atoms with Gasteiger partial charge in [0, 0.05) is 31.5 Å². The average Bonchev–Trinajstić information content (AvgIpc) is 3.20. The van der Waals surface area contributed by atoms with E-state index in [1.54, 1.807) is 24.5 Å². The second-order valence-electron chi connectivity index (χ2n) is 5.53. The topological polar surface area (TPSA) is 102 Å². The lowest BCUT2D eigenvalue weighted by molar-refractivity contribution is -0.139. The zero-order valence-electron chi connectivity index (χ0n) is 14.3. The van der Waals surface area contributed by atoms with Crippen LogP contribution in [0.2, 0.25) is 0 Å². The fraction of sp³-hybridized carbons (Fsp3) is 0.188. The summed E-state index contributed by atoms with van der Waals surface area (Å²) in [4.78, 5) is 7.24. The molecule has 0 aliphatic carbocycles. The van der Waals surface area contributed by atoms with Crippen LogP contribution in [0.5, 0.6) is 0 Å². The lowest BCUT2D eigenvalue weighted by atomic mass is 10.2. The zero-order chi connectivity index (χ0) is 20.2. The average molecular weight is 412 g/mol. The summed E-state index contributed by atoms with van der Waals surface area (Å²) < 4.78 is 67.2. The van der Waals surface area contributed by atoms with Crippen LogP contribution in [0.3, 0.4) is 0 Å². The Balaban J connectivity index is 1.62. The van der Waals surface area contributed by atoms with E-state index in [0.29, 0.717) is 11.6 Å². The van der Waals surface area contributed by atoms with Crippen molar-refractivity contribution in [1.82, 2.24) is 24.5 Å². The number of sulfonamides is 1. The van der Waals surface area contributed by atoms with Gasteiger partial charge in [0.2, 0.25) is 10.0 Å². The molecule has 12 heteroatoms. The second kappa shape index (κ2) is 7.94. The van der Waals surface area contributed by atoms with Gasteiger partial charge in [0.1, 0.15) is 12.1 Å². The van der Waals surface area contributed by atoms with Crippen molar-refractivity contribution in [1.29, 1.82) is 0 Å². The third-order valence-electron chi connectivity index (χ3n) is 3.60. The molecule has 0 aliphatic heterocycles. The van der Waals surface area contributed by atoms with Gasteiger partial charge in [-0.1, -0.05) is 12.1 Å². The highest BCUT2D eigenvalue weighted by Gasteiger charge is 2.36. The number of nitrogens with zero attached hydrogens (tertiary/aromatic N) is 4. The van der Waals surface area contributed by atoms with Gasteiger partial charge < -0.3 is 5.32 Å². The highest BCUT2D eigenvalue weighted by molar-refractivity contribution is 7.89. The van der Waals surface area contributed by atoms with Crippen molar-refractivity contribution in [3.63, 3.8) is 0 Å². The van der Waals surface area contributed by atoms with Gasteiger partial charge in [-0.05, 0) is 18.2 Å². The normalized spacial score (nSPS) is 12.1. The molecule has 3 aromatic rings. The molecule has 8 nitrogen and oxygen atoms in total. The van der Waals surface area contributed by atoms with Crippen LogP contribution in [0.4, 0.5) is 19.0 Å². The second-order valence-corrected chi connectivity index (χ2v) is 7.27. The fourth-order valence-corrected chi connectivity index (χ4v) is 3.62. The largest absolute Gasteiger partial charge is 0.417 e. The molecule has 0 amide bonds. The molecule has 0 atom stereocenters. The molecule has 0 aliphatic rings. The molecule has 0 saturated heterocycles. The first-order valence-electron chi connectivity index (χ1n) is 7.99. The van der Waals surface area contributed by atoms with Crippen LogP contribution in [0.25, 0.3) is 5.82 Å². The summed E-state index contributed by atoms with van der Waals surface area (Å²) in [5, 5.41) is 6.91. The number of hydrogen-bond acceptors (Lipinski definition) is 6. The molecule has 0 unspecified atom stereocenters. The fourth-order valence-electron chi connectivity index (χ4n) is 2.36. The molecule has 0 fully saturated rings. The molecule has 0 radical (unpaired) electrons. The summed E-state index contributed by atoms with van der Waals surface area (Å²) in [7, 11) is -4.33. The number of alkyl halides is 3. The van der Waals surface area contributed by atoms with E-state index in [2.05, 4.69) is 25.1 Å². The van der Waals surface area contributed by atoms with E-state index in [-0.39, 0.29) is 13.1 Å². The smallest absolute Gasteiger partial charge is 0.369 e. The van der Waals surface area contributed by atoms with Crippen LogP contribution >= 0.6 is 0 Å². The quantitative estimate of drug-likeness (QED) is 0.576. The van der Waals surface area contributed by atoms with Crippen LogP contribution < -0.4 is 10.0 Å². The maximum Gasteiger partial charge on any atom is 0.417 e. The standard InChI is InChI=1S/C16H15F3N6O2S/c17-16(18,19)12-4-1-2-5-13(12)28(26,27)24-8-7-20-14-10-15(22-11-21-14)25-9-3-6-23-25/h1-6,9-11,24H,7-8H2,(H,20,21,22). The van der Waals surface area contributed by atoms with Crippen molar-refractivity contribution >= 4 is 15.8 Å². The van der Waals surface area contributed by atoms with E-state index >= 15 is 0 Å². The minimum atomic E-state index is -4.77. The highest BCUT2D eigenvalue weighted by Crippen LogP contribution is 2.33. The summed E-state index contributed by atoms with van der Waals surface area (Å²) in [6, 6.07) is 7.34. The predicted molar refractivity (Wildman–Crippen MR) is 94.3 cm³/mol. The van der Waals surface area contributed by atoms with Gasteiger partial charge in [0.05, 0.1) is 10.5 Å². The molecule has 3 rings (SSSR count). The van der Waals surface area contributed by atoms with Crippen LogP contribution in [0, 0.1) is 0 Å². The minimum absolute atomic E-state index is 0.100. The van der Waals surface area contributed by atoms with Crippen LogP contribution in [-0.4, -0.2) is 41.3 Å². The Morgan fingerprint density at radius 2 is 1.86 bits per heavy atom. The lowest BCUT2D eigenvalue weighted by Gasteiger charge is -2.14. The van der Waals surface area contributed by atoms with E-state index in [4.69, 9.17) is 0 Å². The van der Waals surface area contributed by atoms with Crippen molar-refractivity contribution in [2.24, 2.45) is 0 Å². The summed E-state index contributed by atoms with van der Waals surface area (Å²) in [6.07, 6.45) is -0.183. The maximum atomic E-state index is 13.0. The maximum absolute atomic E-state index is 13.0. The zero-order valence-corrected chi connectivity index (χ0v) is 15.1. The number of aromatic nitrogens is 4. The summed E-state index contributed by atoms with van der Waals surface area (Å²) >= 11 is 0. The third-order valence-corrected chi connectivity index (χ3v) is 5.12. The monoisotopic (exact) mass is 412 g/mol. The third kappa shape index (κ3) is 4.64. The number of halogens is 3. The van der Waals surface area contributed by atoms with E-state index < -0.39 is 26.7 Å². The van der Waals surface area contributed by atoms with Crippen molar-refractivity contribution in [2.75, 3.05) is 18.4 Å². The molecular formula is C16H15F3N6O2S. The number of anilines is 1. The van der Waals surface area contributed by atoms with Crippen molar-refractivity contribution < 1.29 is 21.6 Å². The molecule has 2 heterocycles. The van der Waals surface area contributed by atoms with Gasteiger partial charge in [0.15, 0.2) is 5.82 Å². The molecular weight excluding hydrogens is 397 g/mol. The first-order valence-corrected chi connectivity index (χ1v) is 9.47. The lowest BCUT2D eigenvalue weighted by Crippen LogP contribution is -2.30. The van der Waals surface area contributed by atoms with Crippen LogP contribution in [0.15, 0.2) is 60.0 Å². The number of nitrogens with one attached hydrogen (secondary N) is 2. The Labute approximate surface area is 158 Å². The Morgan fingerprint density at radius 1 is 1.07 bits per heavy atom. The van der Waals surface area contributed by atoms with Crippen molar-refractivity contribution in [3.05, 3.63) is 60.7 Å². The Kier molecular flexibility index (Phi) is 5.61. The minimum Gasteiger partial charge on any atom is -0.369 e. The highest BCUT2D eigenvalue weighted by atomic mass is 32.2. The SMILES string of the molecule is O=S(=O)(NCCNc1cc(-n2cccn2)ncn1)c1ccccc1C(F)(F)F. The van der Waals surface area contributed by atoms with Gasteiger partial charge in [-0.2, -0.15) is 18.3 Å². The number of benzene rings is 1. The van der Waals surface area contributed by atoms with Gasteiger partial charge in [0.25, 0.3) is 0 Å². The van der Waals surface area contributed by atoms with Gasteiger partial charge in [-0.3, -0.25) is 0 Å². The first-order chi connectivity index (χ1) is 13.3. The Hall–Kier alpha value is -2.99. The van der Waals surface area contributed by atoms with Gasteiger partial charge in [-0.25, -0.2) is 27.8 Å². The summed E-state index contributed by atoms with van der Waals surface area (Å²) in [5.74, 6) is 0.914. The molecule has 0 spiro atoms. The Morgan fingerprint density at radius 3 is 2.57 bits per heavy atom. The van der Waals surface area contributed by atoms with E-state index in [9.17, 15) is 21.6 Å². The van der Waals surface area contributed by atoms with Crippen LogP contribution in [0.1, 0.15) is 5.56 Å². The Bertz CT molecular complexity index is 1040. The molecule has 28 heavy (non-hydrogen) atoms. The summed E-state index contributed by atoms with van der Waals surface area (Å²) in [5.41, 5.74) is -1.21. The van der Waals surface area contributed by atoms with E-state index in [1.165, 1.54) is 17.1 Å². The molecule has 1 aromatic carbocycles. The molecule has 148 valence electrons. The van der Waals surface area contributed by atoms with Crippen molar-refractivity contribution in [2.45, 2.75) is 11.1 Å². The van der Waals surface area contributed by atoms with E-state index in [1.807, 2.05) is 0 Å². The molecule has 2 aromatic heterocycles. The number of hydrogen-bond donors (Lipinski definition) is 2.